The van der Waals surface area contributed by atoms with Gasteiger partial charge in [0, 0.05) is 32.6 Å². The van der Waals surface area contributed by atoms with Crippen LogP contribution in [0.3, 0.4) is 0 Å². The molecule has 1 aromatic heterocycles. The van der Waals surface area contributed by atoms with E-state index in [-0.39, 0.29) is 29.8 Å². The van der Waals surface area contributed by atoms with Gasteiger partial charge in [-0.1, -0.05) is 6.07 Å². The summed E-state index contributed by atoms with van der Waals surface area (Å²) in [7, 11) is 1.36. The molecule has 1 aromatic carbocycles. The number of aromatic amines is 1. The van der Waals surface area contributed by atoms with Crippen molar-refractivity contribution in [2.45, 2.75) is 32.5 Å². The first-order valence-corrected chi connectivity index (χ1v) is 8.42. The number of benzene rings is 1. The van der Waals surface area contributed by atoms with Crippen LogP contribution in [-0.2, 0) is 18.2 Å². The Kier molecular flexibility index (Phi) is 4.95. The van der Waals surface area contributed by atoms with E-state index in [1.165, 1.54) is 13.1 Å². The molecule has 2 aromatic rings. The van der Waals surface area contributed by atoms with Crippen LogP contribution in [0.2, 0.25) is 0 Å². The average molecular weight is 365 g/mol. The van der Waals surface area contributed by atoms with Gasteiger partial charge in [-0.3, -0.25) is 14.3 Å². The normalized spacial score (nSPS) is 20.4. The Balaban J connectivity index is 2.09. The Morgan fingerprint density at radius 2 is 1.85 bits per heavy atom. The summed E-state index contributed by atoms with van der Waals surface area (Å²) in [6.45, 7) is 4.79. The van der Waals surface area contributed by atoms with Gasteiger partial charge in [0.15, 0.2) is 0 Å². The molecule has 0 spiro atoms. The molecule has 0 radical (unpaired) electrons. The number of rotatable bonds is 3. The lowest BCUT2D eigenvalue weighted by atomic mass is 10.0. The number of morpholine rings is 1. The first-order chi connectivity index (χ1) is 12.3. The van der Waals surface area contributed by atoms with Gasteiger partial charge >= 0.3 is 5.69 Å². The Bertz CT molecular complexity index is 928. The molecule has 1 aliphatic rings. The summed E-state index contributed by atoms with van der Waals surface area (Å²) in [5.41, 5.74) is -0.593. The van der Waals surface area contributed by atoms with Gasteiger partial charge in [0.05, 0.1) is 17.8 Å². The van der Waals surface area contributed by atoms with Crippen LogP contribution in [0.15, 0.2) is 27.8 Å². The van der Waals surface area contributed by atoms with Gasteiger partial charge in [-0.15, -0.1) is 0 Å². The molecule has 2 heterocycles. The molecule has 140 valence electrons. The van der Waals surface area contributed by atoms with Crippen molar-refractivity contribution in [1.29, 1.82) is 0 Å². The van der Waals surface area contributed by atoms with Crippen LogP contribution in [0.25, 0.3) is 0 Å². The van der Waals surface area contributed by atoms with Gasteiger partial charge in [-0.25, -0.2) is 13.6 Å². The maximum absolute atomic E-state index is 14.1. The lowest BCUT2D eigenvalue weighted by Gasteiger charge is -2.37. The van der Waals surface area contributed by atoms with Crippen molar-refractivity contribution in [1.82, 2.24) is 9.55 Å². The third-order valence-corrected chi connectivity index (χ3v) is 4.50. The fourth-order valence-corrected chi connectivity index (χ4v) is 3.30. The minimum atomic E-state index is -0.729. The molecule has 1 aliphatic heterocycles. The van der Waals surface area contributed by atoms with Gasteiger partial charge in [-0.05, 0) is 25.5 Å². The number of ether oxygens (including phenoxy) is 1. The van der Waals surface area contributed by atoms with Crippen molar-refractivity contribution >= 4 is 5.82 Å². The van der Waals surface area contributed by atoms with Crippen molar-refractivity contribution in [3.63, 3.8) is 0 Å². The van der Waals surface area contributed by atoms with Crippen molar-refractivity contribution in [3.05, 3.63) is 61.8 Å². The minimum Gasteiger partial charge on any atom is -0.372 e. The maximum Gasteiger partial charge on any atom is 0.329 e. The predicted octanol–water partition coefficient (Wildman–Crippen LogP) is 1.56. The Hall–Kier alpha value is -2.48. The van der Waals surface area contributed by atoms with Crippen molar-refractivity contribution < 1.29 is 13.5 Å². The fourth-order valence-electron chi connectivity index (χ4n) is 3.30. The molecule has 0 bridgehead atoms. The smallest absolute Gasteiger partial charge is 0.329 e. The Labute approximate surface area is 149 Å². The van der Waals surface area contributed by atoms with E-state index >= 15 is 0 Å². The summed E-state index contributed by atoms with van der Waals surface area (Å²) in [6, 6.07) is 3.24. The van der Waals surface area contributed by atoms with Crippen LogP contribution in [0, 0.1) is 11.6 Å². The molecule has 0 aliphatic carbocycles. The number of hydrogen-bond acceptors (Lipinski definition) is 4. The van der Waals surface area contributed by atoms with Crippen molar-refractivity contribution in [3.8, 4) is 0 Å². The highest BCUT2D eigenvalue weighted by atomic mass is 19.1. The molecular formula is C18H21F2N3O3. The summed E-state index contributed by atoms with van der Waals surface area (Å²) < 4.78 is 33.9. The standard InChI is InChI=1S/C18H21F2N3O3/c1-10-8-23(9-11(2)26-10)16-14(17(24)22(3)18(25)21-16)6-12-4-5-13(19)7-15(12)20/h4-5,7,10-11H,6,8-9H2,1-3H3,(H,21,25). The zero-order valence-electron chi connectivity index (χ0n) is 14.9. The average Bonchev–Trinajstić information content (AvgIpc) is 2.56. The van der Waals surface area contributed by atoms with Crippen LogP contribution >= 0.6 is 0 Å². The molecule has 0 saturated carbocycles. The maximum atomic E-state index is 14.1. The number of nitrogens with zero attached hydrogens (tertiary/aromatic N) is 2. The molecule has 2 atom stereocenters. The lowest BCUT2D eigenvalue weighted by molar-refractivity contribution is -0.00554. The number of H-pyrrole nitrogens is 1. The molecule has 8 heteroatoms. The quantitative estimate of drug-likeness (QED) is 0.896. The summed E-state index contributed by atoms with van der Waals surface area (Å²) in [5, 5.41) is 0. The highest BCUT2D eigenvalue weighted by Gasteiger charge is 2.26. The summed E-state index contributed by atoms with van der Waals surface area (Å²) in [4.78, 5) is 29.4. The van der Waals surface area contributed by atoms with Gasteiger partial charge in [0.2, 0.25) is 0 Å². The molecule has 0 amide bonds. The molecular weight excluding hydrogens is 344 g/mol. The summed E-state index contributed by atoms with van der Waals surface area (Å²) in [6.07, 6.45) is -0.214. The summed E-state index contributed by atoms with van der Waals surface area (Å²) >= 11 is 0. The first kappa shape index (κ1) is 18.3. The number of anilines is 1. The number of aromatic nitrogens is 2. The monoisotopic (exact) mass is 365 g/mol. The van der Waals surface area contributed by atoms with E-state index in [0.717, 1.165) is 16.7 Å². The number of hydrogen-bond donors (Lipinski definition) is 1. The zero-order valence-corrected chi connectivity index (χ0v) is 14.9. The minimum absolute atomic E-state index is 0.0506. The van der Waals surface area contributed by atoms with Crippen LogP contribution in [0.4, 0.5) is 14.6 Å². The molecule has 2 unspecified atom stereocenters. The van der Waals surface area contributed by atoms with Gasteiger partial charge in [-0.2, -0.15) is 0 Å². The van der Waals surface area contributed by atoms with E-state index in [9.17, 15) is 18.4 Å². The molecule has 6 nitrogen and oxygen atoms in total. The van der Waals surface area contributed by atoms with E-state index in [1.807, 2.05) is 18.7 Å². The zero-order chi connectivity index (χ0) is 19.0. The molecule has 26 heavy (non-hydrogen) atoms. The van der Waals surface area contributed by atoms with E-state index < -0.39 is 22.9 Å². The second-order valence-electron chi connectivity index (χ2n) is 6.70. The third kappa shape index (κ3) is 3.55. The second-order valence-corrected chi connectivity index (χ2v) is 6.70. The third-order valence-electron chi connectivity index (χ3n) is 4.50. The lowest BCUT2D eigenvalue weighted by Crippen LogP contribution is -2.48. The number of halogens is 2. The van der Waals surface area contributed by atoms with Crippen molar-refractivity contribution in [2.24, 2.45) is 7.05 Å². The topological polar surface area (TPSA) is 67.3 Å². The van der Waals surface area contributed by atoms with E-state index in [1.54, 1.807) is 0 Å². The largest absolute Gasteiger partial charge is 0.372 e. The van der Waals surface area contributed by atoms with Gasteiger partial charge < -0.3 is 9.64 Å². The van der Waals surface area contributed by atoms with E-state index in [2.05, 4.69) is 4.98 Å². The summed E-state index contributed by atoms with van der Waals surface area (Å²) in [5.74, 6) is -1.05. The SMILES string of the molecule is CC1CN(c2[nH]c(=O)n(C)c(=O)c2Cc2ccc(F)cc2F)CC(C)O1. The van der Waals surface area contributed by atoms with Crippen LogP contribution < -0.4 is 16.1 Å². The fraction of sp³-hybridized carbons (Fsp3) is 0.444. The highest BCUT2D eigenvalue weighted by molar-refractivity contribution is 5.48. The Morgan fingerprint density at radius 1 is 1.19 bits per heavy atom. The molecule has 3 rings (SSSR count). The number of nitrogens with one attached hydrogen (secondary N) is 1. The van der Waals surface area contributed by atoms with Crippen LogP contribution in [-0.4, -0.2) is 34.8 Å². The first-order valence-electron chi connectivity index (χ1n) is 8.42. The van der Waals surface area contributed by atoms with Gasteiger partial charge in [0.25, 0.3) is 5.56 Å². The van der Waals surface area contributed by atoms with E-state index in [0.29, 0.717) is 18.9 Å². The van der Waals surface area contributed by atoms with Crippen molar-refractivity contribution in [2.75, 3.05) is 18.0 Å². The molecule has 1 saturated heterocycles. The van der Waals surface area contributed by atoms with Crippen LogP contribution in [0.1, 0.15) is 25.0 Å². The van der Waals surface area contributed by atoms with Crippen LogP contribution in [0.5, 0.6) is 0 Å². The second kappa shape index (κ2) is 7.03. The predicted molar refractivity (Wildman–Crippen MR) is 93.7 cm³/mol. The van der Waals surface area contributed by atoms with Gasteiger partial charge in [0.1, 0.15) is 17.5 Å². The highest BCUT2D eigenvalue weighted by Crippen LogP contribution is 2.22. The molecule has 1 N–H and O–H groups in total. The Morgan fingerprint density at radius 3 is 2.46 bits per heavy atom. The van der Waals surface area contributed by atoms with E-state index in [4.69, 9.17) is 4.74 Å². The molecule has 1 fully saturated rings.